The van der Waals surface area contributed by atoms with E-state index >= 15 is 0 Å². The number of thioether (sulfide) groups is 1. The zero-order chi connectivity index (χ0) is 18.1. The molecule has 0 saturated carbocycles. The number of nitrogens with zero attached hydrogens (tertiary/aromatic N) is 2. The molecule has 0 atom stereocenters. The predicted molar refractivity (Wildman–Crippen MR) is 100 cm³/mol. The Balaban J connectivity index is 1.85. The normalized spacial score (nSPS) is 12.0. The number of benzene rings is 1. The minimum atomic E-state index is -3.66. The number of sulfonamides is 1. The average molecular weight is 380 g/mol. The first-order valence-corrected chi connectivity index (χ1v) is 10.2. The average Bonchev–Trinajstić information content (AvgIpc) is 2.62. The Hall–Kier alpha value is -2.26. The van der Waals surface area contributed by atoms with Gasteiger partial charge in [0, 0.05) is 24.8 Å². The Labute approximate surface area is 151 Å². The third kappa shape index (κ3) is 5.95. The zero-order valence-electron chi connectivity index (χ0n) is 13.7. The van der Waals surface area contributed by atoms with Gasteiger partial charge in [0.25, 0.3) is 10.0 Å². The molecule has 2 rings (SSSR count). The fraction of sp³-hybridized carbons (Fsp3) is 0.250. The molecule has 0 aliphatic carbocycles. The Morgan fingerprint density at radius 1 is 1.24 bits per heavy atom. The molecule has 0 radical (unpaired) electrons. The lowest BCUT2D eigenvalue weighted by Gasteiger charge is -2.10. The van der Waals surface area contributed by atoms with Gasteiger partial charge in [0.1, 0.15) is 5.75 Å². The van der Waals surface area contributed by atoms with Gasteiger partial charge in [-0.2, -0.15) is 11.8 Å². The second kappa shape index (κ2) is 9.28. The maximum absolute atomic E-state index is 12.2. The van der Waals surface area contributed by atoms with Crippen molar-refractivity contribution in [2.24, 2.45) is 4.99 Å². The van der Waals surface area contributed by atoms with Crippen LogP contribution in [-0.2, 0) is 15.8 Å². The summed E-state index contributed by atoms with van der Waals surface area (Å²) in [6, 6.07) is 11.4. The zero-order valence-corrected chi connectivity index (χ0v) is 15.3. The molecule has 7 nitrogen and oxygen atoms in total. The van der Waals surface area contributed by atoms with Gasteiger partial charge < -0.3 is 10.4 Å². The molecule has 1 aromatic carbocycles. The standard InChI is InChI=1S/C16H20N4O3S2/c1-17-16(20-25(22,23)13-6-3-2-4-7-13)19-10-11-24-12-14-15(21)8-5-9-18-14/h2-9,21H,10-12H2,1H3,(H2,17,19,20). The van der Waals surface area contributed by atoms with Crippen molar-refractivity contribution in [2.45, 2.75) is 10.6 Å². The van der Waals surface area contributed by atoms with Crippen LogP contribution < -0.4 is 10.0 Å². The summed E-state index contributed by atoms with van der Waals surface area (Å²) in [5, 5.41) is 12.4. The van der Waals surface area contributed by atoms with E-state index in [1.165, 1.54) is 12.1 Å². The van der Waals surface area contributed by atoms with Crippen molar-refractivity contribution >= 4 is 27.7 Å². The molecule has 9 heteroatoms. The maximum atomic E-state index is 12.2. The van der Waals surface area contributed by atoms with Crippen LogP contribution in [0.4, 0.5) is 0 Å². The number of pyridine rings is 1. The molecule has 0 aliphatic heterocycles. The molecule has 3 N–H and O–H groups in total. The third-order valence-electron chi connectivity index (χ3n) is 3.13. The molecular weight excluding hydrogens is 360 g/mol. The van der Waals surface area contributed by atoms with Crippen LogP contribution in [0.1, 0.15) is 5.69 Å². The SMILES string of the molecule is CNC(=NCCSCc1ncccc1O)NS(=O)(=O)c1ccccc1. The van der Waals surface area contributed by atoms with Crippen LogP contribution in [0.15, 0.2) is 58.5 Å². The molecule has 1 aromatic heterocycles. The van der Waals surface area contributed by atoms with E-state index < -0.39 is 10.0 Å². The molecule has 0 spiro atoms. The number of hydrogen-bond donors (Lipinski definition) is 3. The van der Waals surface area contributed by atoms with E-state index in [1.54, 1.807) is 55.3 Å². The van der Waals surface area contributed by atoms with Crippen molar-refractivity contribution in [2.75, 3.05) is 19.3 Å². The molecule has 25 heavy (non-hydrogen) atoms. The van der Waals surface area contributed by atoms with E-state index in [9.17, 15) is 13.5 Å². The van der Waals surface area contributed by atoms with Crippen LogP contribution in [0, 0.1) is 0 Å². The van der Waals surface area contributed by atoms with Gasteiger partial charge in [-0.15, -0.1) is 0 Å². The first kappa shape index (κ1) is 19.1. The number of aromatic nitrogens is 1. The summed E-state index contributed by atoms with van der Waals surface area (Å²) in [6.07, 6.45) is 1.63. The van der Waals surface area contributed by atoms with Crippen LogP contribution in [0.25, 0.3) is 0 Å². The highest BCUT2D eigenvalue weighted by molar-refractivity contribution is 7.98. The number of guanidine groups is 1. The minimum absolute atomic E-state index is 0.171. The second-order valence-electron chi connectivity index (χ2n) is 4.92. The fourth-order valence-corrected chi connectivity index (χ4v) is 3.71. The molecule has 0 fully saturated rings. The Kier molecular flexibility index (Phi) is 7.08. The smallest absolute Gasteiger partial charge is 0.264 e. The summed E-state index contributed by atoms with van der Waals surface area (Å²) in [5.74, 6) is 1.58. The number of aromatic hydroxyl groups is 1. The predicted octanol–water partition coefficient (Wildman–Crippen LogP) is 1.57. The summed E-state index contributed by atoms with van der Waals surface area (Å²) in [6.45, 7) is 0.422. The summed E-state index contributed by atoms with van der Waals surface area (Å²) in [5.41, 5.74) is 0.620. The molecule has 0 amide bonds. The van der Waals surface area contributed by atoms with E-state index in [4.69, 9.17) is 0 Å². The van der Waals surface area contributed by atoms with Crippen LogP contribution in [0.5, 0.6) is 5.75 Å². The Bertz CT molecular complexity index is 811. The highest BCUT2D eigenvalue weighted by atomic mass is 32.2. The lowest BCUT2D eigenvalue weighted by molar-refractivity contribution is 0.467. The van der Waals surface area contributed by atoms with Crippen LogP contribution in [-0.4, -0.2) is 43.8 Å². The van der Waals surface area contributed by atoms with Crippen molar-refractivity contribution in [3.05, 3.63) is 54.4 Å². The quantitative estimate of drug-likeness (QED) is 0.383. The van der Waals surface area contributed by atoms with Gasteiger partial charge in [-0.3, -0.25) is 9.98 Å². The first-order chi connectivity index (χ1) is 12.0. The summed E-state index contributed by atoms with van der Waals surface area (Å²) < 4.78 is 26.9. The van der Waals surface area contributed by atoms with E-state index in [0.29, 0.717) is 23.7 Å². The highest BCUT2D eigenvalue weighted by Crippen LogP contribution is 2.18. The van der Waals surface area contributed by atoms with Crippen molar-refractivity contribution < 1.29 is 13.5 Å². The molecular formula is C16H20N4O3S2. The fourth-order valence-electron chi connectivity index (χ4n) is 1.88. The first-order valence-electron chi connectivity index (χ1n) is 7.53. The largest absolute Gasteiger partial charge is 0.506 e. The van der Waals surface area contributed by atoms with Crippen molar-refractivity contribution in [3.63, 3.8) is 0 Å². The molecule has 134 valence electrons. The van der Waals surface area contributed by atoms with Gasteiger partial charge in [0.2, 0.25) is 5.96 Å². The maximum Gasteiger partial charge on any atom is 0.264 e. The van der Waals surface area contributed by atoms with Crippen molar-refractivity contribution in [1.82, 2.24) is 15.0 Å². The molecule has 2 aromatic rings. The van der Waals surface area contributed by atoms with Gasteiger partial charge in [0.15, 0.2) is 0 Å². The number of nitrogens with one attached hydrogen (secondary N) is 2. The van der Waals surface area contributed by atoms with Crippen LogP contribution >= 0.6 is 11.8 Å². The molecule has 0 saturated heterocycles. The van der Waals surface area contributed by atoms with Gasteiger partial charge in [-0.1, -0.05) is 18.2 Å². The van der Waals surface area contributed by atoms with E-state index in [2.05, 4.69) is 20.0 Å². The Morgan fingerprint density at radius 2 is 2.00 bits per heavy atom. The van der Waals surface area contributed by atoms with E-state index in [0.717, 1.165) is 0 Å². The van der Waals surface area contributed by atoms with E-state index in [-0.39, 0.29) is 16.6 Å². The number of aliphatic imine (C=N–C) groups is 1. The van der Waals surface area contributed by atoms with Crippen LogP contribution in [0.3, 0.4) is 0 Å². The van der Waals surface area contributed by atoms with Crippen molar-refractivity contribution in [1.29, 1.82) is 0 Å². The lowest BCUT2D eigenvalue weighted by Crippen LogP contribution is -2.39. The molecule has 0 bridgehead atoms. The molecule has 0 unspecified atom stereocenters. The summed E-state index contributed by atoms with van der Waals surface area (Å²) in [7, 11) is -2.05. The second-order valence-corrected chi connectivity index (χ2v) is 7.71. The summed E-state index contributed by atoms with van der Waals surface area (Å²) in [4.78, 5) is 8.50. The monoisotopic (exact) mass is 380 g/mol. The highest BCUT2D eigenvalue weighted by Gasteiger charge is 2.14. The van der Waals surface area contributed by atoms with Gasteiger partial charge in [-0.05, 0) is 24.3 Å². The van der Waals surface area contributed by atoms with Gasteiger partial charge >= 0.3 is 0 Å². The lowest BCUT2D eigenvalue weighted by atomic mass is 10.3. The Morgan fingerprint density at radius 3 is 2.68 bits per heavy atom. The summed E-state index contributed by atoms with van der Waals surface area (Å²) >= 11 is 1.55. The number of rotatable bonds is 7. The van der Waals surface area contributed by atoms with E-state index in [1.807, 2.05) is 0 Å². The molecule has 1 heterocycles. The molecule has 0 aliphatic rings. The van der Waals surface area contributed by atoms with Gasteiger partial charge in [0.05, 0.1) is 17.1 Å². The third-order valence-corrected chi connectivity index (χ3v) is 5.44. The topological polar surface area (TPSA) is 104 Å². The van der Waals surface area contributed by atoms with Gasteiger partial charge in [-0.25, -0.2) is 13.1 Å². The number of hydrogen-bond acceptors (Lipinski definition) is 6. The minimum Gasteiger partial charge on any atom is -0.506 e. The van der Waals surface area contributed by atoms with Crippen LogP contribution in [0.2, 0.25) is 0 Å². The van der Waals surface area contributed by atoms with Crippen molar-refractivity contribution in [3.8, 4) is 5.75 Å².